The summed E-state index contributed by atoms with van der Waals surface area (Å²) in [5.74, 6) is 0. The zero-order chi connectivity index (χ0) is 88.1. The fourth-order valence-corrected chi connectivity index (χ4v) is 22.6. The van der Waals surface area contributed by atoms with Gasteiger partial charge in [-0.05, 0) is 253 Å². The van der Waals surface area contributed by atoms with Crippen molar-refractivity contribution in [3.05, 3.63) is 431 Å². The fraction of sp³-hybridized carbons (Fsp3) is 0.0744. The summed E-state index contributed by atoms with van der Waals surface area (Å²) in [5, 5.41) is 16.5. The minimum atomic E-state index is -1.56. The highest BCUT2D eigenvalue weighted by atomic mass is 28.3. The van der Waals surface area contributed by atoms with E-state index < -0.39 is 24.2 Å². The summed E-state index contributed by atoms with van der Waals surface area (Å²) in [7, 11) is -4.40. The third-order valence-electron chi connectivity index (χ3n) is 26.3. The molecule has 130 heavy (non-hydrogen) atoms. The standard InChI is InChI=1S/C66H54N2O2Si2.C55H44N2Si/c1-71(2,3)53-32-37-62-60(41-53)59-38-46(24-36-61(59)68(62)49-12-8-7-9-13-49)43-16-25-50(26-17-43)67(51-27-18-44(19-28-51)47-22-33-56-55-14-10-11-15-63(55)69-64(56)39-47)52-29-20-45(21-30-52)48-23-34-57-58-35-31-54(72(4,5)6)42-66(58)70-65(57)40-48;1-58(2,3)51-33-25-42(26-34-51)41-22-30-49(31-23-41)56(48-28-20-40(21-29-48)39-12-6-4-7-13-39)50-32-24-44-36-43(18-19-45(44)37-50)46-27-35-55-53(38-46)52-16-10-11-17-54(52)57(55)47-14-8-5-9-15-47/h7-42H,1-6H3;4-38H,1-3H3. The van der Waals surface area contributed by atoms with Crippen LogP contribution in [0.5, 0.6) is 0 Å². The number of anilines is 6. The second-order valence-electron chi connectivity index (χ2n) is 37.7. The van der Waals surface area contributed by atoms with E-state index in [0.717, 1.165) is 94.9 Å². The Kier molecular flexibility index (Phi) is 20.3. The number of rotatable bonds is 17. The van der Waals surface area contributed by atoms with Crippen LogP contribution in [-0.2, 0) is 0 Å². The third kappa shape index (κ3) is 15.2. The van der Waals surface area contributed by atoms with Gasteiger partial charge in [0.2, 0.25) is 0 Å². The Morgan fingerprint density at radius 3 is 0.962 bits per heavy atom. The van der Waals surface area contributed by atoms with Crippen LogP contribution in [-0.4, -0.2) is 33.4 Å². The highest BCUT2D eigenvalue weighted by Gasteiger charge is 2.25. The van der Waals surface area contributed by atoms with E-state index in [0.29, 0.717) is 0 Å². The number of nitrogens with zero attached hydrogens (tertiary/aromatic N) is 4. The molecule has 4 heterocycles. The normalized spacial score (nSPS) is 12.0. The summed E-state index contributed by atoms with van der Waals surface area (Å²) in [4.78, 5) is 4.73. The van der Waals surface area contributed by atoms with Crippen molar-refractivity contribution in [3.63, 3.8) is 0 Å². The SMILES string of the molecule is C[Si](C)(C)c1ccc(-c2ccc(N(c3ccc(-c4ccccc4)cc3)c3ccc4cc(-c5ccc6c(c5)c5ccccc5n6-c5ccccc5)ccc4c3)cc2)cc1.C[Si](C)(C)c1ccc2c(c1)oc1cc(-c3ccc(N(c4ccc(-c5ccc6c(c5)oc5ccccc56)cc4)c4ccc(-c5ccc6c(c5)c5cc([Si](C)(C)C)ccc5n6-c5ccccc5)cc4)cc3)ccc12. The van der Waals surface area contributed by atoms with Crippen molar-refractivity contribution in [2.75, 3.05) is 9.80 Å². The van der Waals surface area contributed by atoms with Crippen molar-refractivity contribution >= 4 is 172 Å². The number of benzene rings is 19. The predicted molar refractivity (Wildman–Crippen MR) is 565 cm³/mol. The van der Waals surface area contributed by atoms with Gasteiger partial charge in [0.15, 0.2) is 0 Å². The lowest BCUT2D eigenvalue weighted by molar-refractivity contribution is 0.669. The molecule has 0 aliphatic rings. The quantitative estimate of drug-likeness (QED) is 0.0852. The van der Waals surface area contributed by atoms with Crippen LogP contribution in [0.3, 0.4) is 0 Å². The molecule has 0 fully saturated rings. The van der Waals surface area contributed by atoms with Crippen molar-refractivity contribution in [1.29, 1.82) is 0 Å². The van der Waals surface area contributed by atoms with E-state index in [-0.39, 0.29) is 0 Å². The highest BCUT2D eigenvalue weighted by Crippen LogP contribution is 2.45. The molecule has 19 aromatic carbocycles. The van der Waals surface area contributed by atoms with Gasteiger partial charge in [0.05, 0.1) is 46.3 Å². The number of fused-ring (bicyclic) bond motifs is 13. The lowest BCUT2D eigenvalue weighted by atomic mass is 9.99. The van der Waals surface area contributed by atoms with Gasteiger partial charge in [-0.15, -0.1) is 0 Å². The minimum Gasteiger partial charge on any atom is -0.456 e. The predicted octanol–water partition coefficient (Wildman–Crippen LogP) is 33.1. The smallest absolute Gasteiger partial charge is 0.136 e. The number of hydrogen-bond acceptors (Lipinski definition) is 4. The van der Waals surface area contributed by atoms with Gasteiger partial charge in [0.25, 0.3) is 0 Å². The first-order valence-electron chi connectivity index (χ1n) is 45.2. The zero-order valence-electron chi connectivity index (χ0n) is 74.6. The van der Waals surface area contributed by atoms with Crippen LogP contribution in [0.25, 0.3) is 176 Å². The molecule has 0 atom stereocenters. The average molecular weight is 1720 g/mol. The highest BCUT2D eigenvalue weighted by molar-refractivity contribution is 6.89. The van der Waals surface area contributed by atoms with Crippen molar-refractivity contribution in [3.8, 4) is 78.1 Å². The lowest BCUT2D eigenvalue weighted by Gasteiger charge is -2.26. The molecule has 0 N–H and O–H groups in total. The van der Waals surface area contributed by atoms with Crippen LogP contribution in [0.4, 0.5) is 34.1 Å². The van der Waals surface area contributed by atoms with Gasteiger partial charge in [-0.3, -0.25) is 0 Å². The topological polar surface area (TPSA) is 42.6 Å². The van der Waals surface area contributed by atoms with Gasteiger partial charge in [-0.2, -0.15) is 0 Å². The number of hydrogen-bond donors (Lipinski definition) is 0. The van der Waals surface area contributed by atoms with Crippen LogP contribution in [0.15, 0.2) is 440 Å². The summed E-state index contributed by atoms with van der Waals surface area (Å²) in [6, 6.07) is 158. The van der Waals surface area contributed by atoms with Crippen molar-refractivity contribution < 1.29 is 8.83 Å². The maximum absolute atomic E-state index is 6.53. The lowest BCUT2D eigenvalue weighted by Crippen LogP contribution is -2.37. The summed E-state index contributed by atoms with van der Waals surface area (Å²) in [5.41, 5.74) is 31.7. The third-order valence-corrected chi connectivity index (χ3v) is 32.4. The largest absolute Gasteiger partial charge is 0.456 e. The van der Waals surface area contributed by atoms with E-state index in [1.54, 1.807) is 0 Å². The molecule has 0 bridgehead atoms. The molecule has 9 heteroatoms. The summed E-state index contributed by atoms with van der Waals surface area (Å²) in [6.07, 6.45) is 0. The monoisotopic (exact) mass is 1720 g/mol. The first-order valence-corrected chi connectivity index (χ1v) is 55.7. The molecular weight excluding hydrogens is 1630 g/mol. The Balaban J connectivity index is 0.000000156. The molecule has 23 rings (SSSR count). The van der Waals surface area contributed by atoms with Gasteiger partial charge < -0.3 is 27.8 Å². The molecule has 0 radical (unpaired) electrons. The molecule has 6 nitrogen and oxygen atoms in total. The van der Waals surface area contributed by atoms with Gasteiger partial charge in [0, 0.05) is 88.6 Å². The van der Waals surface area contributed by atoms with Crippen molar-refractivity contribution in [2.24, 2.45) is 0 Å². The van der Waals surface area contributed by atoms with E-state index in [1.165, 1.54) is 131 Å². The second kappa shape index (κ2) is 32.6. The van der Waals surface area contributed by atoms with E-state index in [4.69, 9.17) is 8.83 Å². The summed E-state index contributed by atoms with van der Waals surface area (Å²) in [6.45, 7) is 21.6. The summed E-state index contributed by atoms with van der Waals surface area (Å²) < 4.78 is 17.6. The van der Waals surface area contributed by atoms with Crippen LogP contribution < -0.4 is 25.4 Å². The Morgan fingerprint density at radius 1 is 0.177 bits per heavy atom. The first-order chi connectivity index (χ1) is 63.3. The van der Waals surface area contributed by atoms with Gasteiger partial charge in [-0.1, -0.05) is 329 Å². The minimum absolute atomic E-state index is 0.896. The number of para-hydroxylation sites is 4. The van der Waals surface area contributed by atoms with E-state index in [2.05, 4.69) is 496 Å². The molecule has 0 saturated heterocycles. The van der Waals surface area contributed by atoms with Gasteiger partial charge in [-0.25, -0.2) is 0 Å². The maximum atomic E-state index is 6.53. The molecule has 23 aromatic rings. The number of furan rings is 2. The molecule has 0 saturated carbocycles. The molecule has 0 unspecified atom stereocenters. The Hall–Kier alpha value is -15.1. The molecule has 4 aromatic heterocycles. The molecule has 0 aliphatic heterocycles. The zero-order valence-corrected chi connectivity index (χ0v) is 77.6. The van der Waals surface area contributed by atoms with Gasteiger partial charge in [0.1, 0.15) is 22.3 Å². The Labute approximate surface area is 762 Å². The van der Waals surface area contributed by atoms with Crippen molar-refractivity contribution in [1.82, 2.24) is 9.13 Å². The molecule has 0 spiro atoms. The molecule has 0 amide bonds. The summed E-state index contributed by atoms with van der Waals surface area (Å²) >= 11 is 0. The van der Waals surface area contributed by atoms with E-state index >= 15 is 0 Å². The molecule has 0 aliphatic carbocycles. The van der Waals surface area contributed by atoms with Crippen LogP contribution in [0.2, 0.25) is 58.9 Å². The van der Waals surface area contributed by atoms with E-state index in [1.807, 2.05) is 12.1 Å². The molecular formula is C121H98N4O2Si3. The first kappa shape index (κ1) is 80.7. The average Bonchev–Trinajstić information content (AvgIpc) is 1.58. The number of aromatic nitrogens is 2. The van der Waals surface area contributed by atoms with Crippen LogP contribution in [0, 0.1) is 0 Å². The maximum Gasteiger partial charge on any atom is 0.136 e. The van der Waals surface area contributed by atoms with Crippen LogP contribution in [0.1, 0.15) is 0 Å². The molecule has 626 valence electrons. The Bertz CT molecular complexity index is 8220. The fourth-order valence-electron chi connectivity index (χ4n) is 19.1. The van der Waals surface area contributed by atoms with Crippen LogP contribution >= 0.6 is 0 Å². The van der Waals surface area contributed by atoms with Gasteiger partial charge >= 0.3 is 0 Å². The second-order valence-corrected chi connectivity index (χ2v) is 53.0. The van der Waals surface area contributed by atoms with Crippen molar-refractivity contribution in [2.45, 2.75) is 58.9 Å². The Morgan fingerprint density at radius 2 is 0.462 bits per heavy atom. The van der Waals surface area contributed by atoms with E-state index in [9.17, 15) is 0 Å².